The molecule has 1 aromatic carbocycles. The SMILES string of the molecule is CCC(C)C(=O)Cc1ccc(F)cc1Cl. The molecule has 0 aliphatic heterocycles. The number of carbonyl (C=O) groups is 1. The molecule has 0 spiro atoms. The summed E-state index contributed by atoms with van der Waals surface area (Å²) in [4.78, 5) is 11.6. The molecule has 0 fully saturated rings. The third-order valence-electron chi connectivity index (χ3n) is 2.54. The number of benzene rings is 1. The highest BCUT2D eigenvalue weighted by Gasteiger charge is 2.13. The third kappa shape index (κ3) is 3.31. The number of hydrogen-bond donors (Lipinski definition) is 0. The maximum absolute atomic E-state index is 12.7. The molecule has 0 amide bonds. The first kappa shape index (κ1) is 12.2. The zero-order valence-corrected chi connectivity index (χ0v) is 9.64. The number of carbonyl (C=O) groups excluding carboxylic acids is 1. The Labute approximate surface area is 94.3 Å². The Morgan fingerprint density at radius 2 is 2.20 bits per heavy atom. The predicted octanol–water partition coefficient (Wildman–Crippen LogP) is 3.64. The highest BCUT2D eigenvalue weighted by atomic mass is 35.5. The molecule has 1 nitrogen and oxygen atoms in total. The first-order valence-electron chi connectivity index (χ1n) is 5.01. The summed E-state index contributed by atoms with van der Waals surface area (Å²) < 4.78 is 12.7. The van der Waals surface area contributed by atoms with Gasteiger partial charge in [-0.15, -0.1) is 0 Å². The largest absolute Gasteiger partial charge is 0.299 e. The number of hydrogen-bond acceptors (Lipinski definition) is 1. The number of ketones is 1. The van der Waals surface area contributed by atoms with Crippen molar-refractivity contribution in [3.05, 3.63) is 34.6 Å². The van der Waals surface area contributed by atoms with Crippen LogP contribution >= 0.6 is 11.6 Å². The monoisotopic (exact) mass is 228 g/mol. The van der Waals surface area contributed by atoms with Crippen LogP contribution in [-0.4, -0.2) is 5.78 Å². The zero-order chi connectivity index (χ0) is 11.4. The van der Waals surface area contributed by atoms with Crippen molar-refractivity contribution >= 4 is 17.4 Å². The van der Waals surface area contributed by atoms with E-state index in [0.717, 1.165) is 6.42 Å². The van der Waals surface area contributed by atoms with Gasteiger partial charge in [-0.3, -0.25) is 4.79 Å². The standard InChI is InChI=1S/C12H14ClFO/c1-3-8(2)12(15)6-9-4-5-10(14)7-11(9)13/h4-5,7-8H,3,6H2,1-2H3. The van der Waals surface area contributed by atoms with Crippen LogP contribution in [0.5, 0.6) is 0 Å². The molecule has 0 aliphatic carbocycles. The Balaban J connectivity index is 2.77. The van der Waals surface area contributed by atoms with Gasteiger partial charge >= 0.3 is 0 Å². The highest BCUT2D eigenvalue weighted by Crippen LogP contribution is 2.19. The van der Waals surface area contributed by atoms with Gasteiger partial charge in [-0.1, -0.05) is 31.5 Å². The molecule has 1 atom stereocenters. The van der Waals surface area contributed by atoms with Gasteiger partial charge in [0.25, 0.3) is 0 Å². The van der Waals surface area contributed by atoms with Gasteiger partial charge in [0.05, 0.1) is 0 Å². The van der Waals surface area contributed by atoms with Crippen LogP contribution in [0, 0.1) is 11.7 Å². The van der Waals surface area contributed by atoms with Gasteiger partial charge in [0.15, 0.2) is 0 Å². The summed E-state index contributed by atoms with van der Waals surface area (Å²) in [6.07, 6.45) is 1.10. The second-order valence-corrected chi connectivity index (χ2v) is 4.10. The average Bonchev–Trinajstić information content (AvgIpc) is 2.20. The van der Waals surface area contributed by atoms with Crippen molar-refractivity contribution in [1.29, 1.82) is 0 Å². The molecule has 0 radical (unpaired) electrons. The minimum atomic E-state index is -0.375. The Kier molecular flexibility index (Phi) is 4.28. The van der Waals surface area contributed by atoms with Crippen LogP contribution in [0.15, 0.2) is 18.2 Å². The minimum absolute atomic E-state index is 0.0334. The van der Waals surface area contributed by atoms with Crippen LogP contribution in [-0.2, 0) is 11.2 Å². The van der Waals surface area contributed by atoms with E-state index in [9.17, 15) is 9.18 Å². The molecular formula is C12H14ClFO. The fraction of sp³-hybridized carbons (Fsp3) is 0.417. The molecule has 15 heavy (non-hydrogen) atoms. The lowest BCUT2D eigenvalue weighted by molar-refractivity contribution is -0.121. The van der Waals surface area contributed by atoms with Gasteiger partial charge in [0.1, 0.15) is 11.6 Å². The van der Waals surface area contributed by atoms with Crippen molar-refractivity contribution in [2.24, 2.45) is 5.92 Å². The lowest BCUT2D eigenvalue weighted by atomic mass is 9.97. The molecule has 0 saturated carbocycles. The molecule has 0 heterocycles. The second-order valence-electron chi connectivity index (χ2n) is 3.69. The molecular weight excluding hydrogens is 215 g/mol. The number of halogens is 2. The van der Waals surface area contributed by atoms with E-state index in [2.05, 4.69) is 0 Å². The van der Waals surface area contributed by atoms with E-state index < -0.39 is 0 Å². The van der Waals surface area contributed by atoms with Crippen molar-refractivity contribution < 1.29 is 9.18 Å². The van der Waals surface area contributed by atoms with Gasteiger partial charge < -0.3 is 0 Å². The molecule has 82 valence electrons. The van der Waals surface area contributed by atoms with Crippen LogP contribution in [0.25, 0.3) is 0 Å². The molecule has 0 N–H and O–H groups in total. The van der Waals surface area contributed by atoms with Gasteiger partial charge in [0.2, 0.25) is 0 Å². The zero-order valence-electron chi connectivity index (χ0n) is 8.89. The Morgan fingerprint density at radius 1 is 1.53 bits per heavy atom. The predicted molar refractivity (Wildman–Crippen MR) is 59.6 cm³/mol. The van der Waals surface area contributed by atoms with E-state index in [1.165, 1.54) is 12.1 Å². The summed E-state index contributed by atoms with van der Waals surface area (Å²) in [6.45, 7) is 3.86. The molecule has 1 aromatic rings. The normalized spacial score (nSPS) is 12.5. The van der Waals surface area contributed by atoms with E-state index >= 15 is 0 Å². The molecule has 1 unspecified atom stereocenters. The fourth-order valence-corrected chi connectivity index (χ4v) is 1.49. The summed E-state index contributed by atoms with van der Waals surface area (Å²) in [5, 5.41) is 0.326. The van der Waals surface area contributed by atoms with E-state index in [1.807, 2.05) is 13.8 Å². The lowest BCUT2D eigenvalue weighted by Crippen LogP contribution is -2.12. The minimum Gasteiger partial charge on any atom is -0.299 e. The molecule has 0 aromatic heterocycles. The van der Waals surface area contributed by atoms with Crippen molar-refractivity contribution in [3.63, 3.8) is 0 Å². The summed E-state index contributed by atoms with van der Waals surface area (Å²) in [6, 6.07) is 4.13. The average molecular weight is 229 g/mol. The molecule has 3 heteroatoms. The smallest absolute Gasteiger partial charge is 0.140 e. The van der Waals surface area contributed by atoms with Crippen LogP contribution < -0.4 is 0 Å². The Bertz CT molecular complexity index is 363. The summed E-state index contributed by atoms with van der Waals surface area (Å²) >= 11 is 5.83. The summed E-state index contributed by atoms with van der Waals surface area (Å²) in [5.41, 5.74) is 0.698. The van der Waals surface area contributed by atoms with Gasteiger partial charge in [0, 0.05) is 17.4 Å². The fourth-order valence-electron chi connectivity index (χ4n) is 1.25. The molecule has 0 saturated heterocycles. The quantitative estimate of drug-likeness (QED) is 0.769. The molecule has 0 bridgehead atoms. The maximum atomic E-state index is 12.7. The van der Waals surface area contributed by atoms with Gasteiger partial charge in [-0.2, -0.15) is 0 Å². The van der Waals surface area contributed by atoms with Crippen molar-refractivity contribution in [2.75, 3.05) is 0 Å². The Hall–Kier alpha value is -0.890. The van der Waals surface area contributed by atoms with Crippen molar-refractivity contribution in [3.8, 4) is 0 Å². The molecule has 0 aliphatic rings. The van der Waals surface area contributed by atoms with Gasteiger partial charge in [-0.25, -0.2) is 4.39 Å². The van der Waals surface area contributed by atoms with Crippen LogP contribution in [0.3, 0.4) is 0 Å². The summed E-state index contributed by atoms with van der Waals surface area (Å²) in [5.74, 6) is -0.197. The van der Waals surface area contributed by atoms with Crippen LogP contribution in [0.2, 0.25) is 5.02 Å². The van der Waals surface area contributed by atoms with E-state index in [-0.39, 0.29) is 23.9 Å². The third-order valence-corrected chi connectivity index (χ3v) is 2.89. The second kappa shape index (κ2) is 5.26. The first-order valence-corrected chi connectivity index (χ1v) is 5.39. The number of rotatable bonds is 4. The van der Waals surface area contributed by atoms with Gasteiger partial charge in [-0.05, 0) is 24.1 Å². The topological polar surface area (TPSA) is 17.1 Å². The maximum Gasteiger partial charge on any atom is 0.140 e. The molecule has 1 rings (SSSR count). The van der Waals surface area contributed by atoms with E-state index in [1.54, 1.807) is 6.07 Å². The highest BCUT2D eigenvalue weighted by molar-refractivity contribution is 6.31. The number of Topliss-reactive ketones (excluding diaryl/α,β-unsaturated/α-hetero) is 1. The van der Waals surface area contributed by atoms with Crippen molar-refractivity contribution in [1.82, 2.24) is 0 Å². The first-order chi connectivity index (χ1) is 7.04. The van der Waals surface area contributed by atoms with Crippen LogP contribution in [0.4, 0.5) is 4.39 Å². The van der Waals surface area contributed by atoms with E-state index in [0.29, 0.717) is 10.6 Å². The summed E-state index contributed by atoms with van der Waals surface area (Å²) in [7, 11) is 0. The van der Waals surface area contributed by atoms with Crippen LogP contribution in [0.1, 0.15) is 25.8 Å². The van der Waals surface area contributed by atoms with E-state index in [4.69, 9.17) is 11.6 Å². The lowest BCUT2D eigenvalue weighted by Gasteiger charge is -2.08. The van der Waals surface area contributed by atoms with Crippen molar-refractivity contribution in [2.45, 2.75) is 26.7 Å². The Morgan fingerprint density at radius 3 is 2.73 bits per heavy atom.